The lowest BCUT2D eigenvalue weighted by atomic mass is 10.2. The molecular formula is C16H14FN3O3. The molecule has 0 aromatic heterocycles. The number of ether oxygens (including phenoxy) is 1. The van der Waals surface area contributed by atoms with E-state index in [1.807, 2.05) is 0 Å². The van der Waals surface area contributed by atoms with Gasteiger partial charge in [-0.2, -0.15) is 5.10 Å². The van der Waals surface area contributed by atoms with Gasteiger partial charge in [0.05, 0.1) is 13.3 Å². The fraction of sp³-hybridized carbons (Fsp3) is 0.0625. The summed E-state index contributed by atoms with van der Waals surface area (Å²) in [4.78, 5) is 23.2. The van der Waals surface area contributed by atoms with Gasteiger partial charge in [-0.05, 0) is 54.1 Å². The largest absolute Gasteiger partial charge is 0.497 e. The standard InChI is InChI=1S/C16H14FN3O3/c1-23-14-8-2-11(3-9-14)10-18-20-16(22)15(21)19-13-6-4-12(17)5-7-13/h2-10H,1H3,(H,19,21)(H,20,22)/b18-10+. The van der Waals surface area contributed by atoms with Crippen LogP contribution in [0, 0.1) is 5.82 Å². The average molecular weight is 315 g/mol. The van der Waals surface area contributed by atoms with Crippen molar-refractivity contribution in [3.63, 3.8) is 0 Å². The van der Waals surface area contributed by atoms with Crippen LogP contribution < -0.4 is 15.5 Å². The molecule has 2 N–H and O–H groups in total. The second-order valence-electron chi connectivity index (χ2n) is 4.43. The number of amides is 2. The van der Waals surface area contributed by atoms with Crippen molar-refractivity contribution in [3.8, 4) is 5.75 Å². The number of carbonyl (C=O) groups excluding carboxylic acids is 2. The maximum Gasteiger partial charge on any atom is 0.329 e. The predicted octanol–water partition coefficient (Wildman–Crippen LogP) is 1.92. The maximum atomic E-state index is 12.7. The molecule has 0 saturated carbocycles. The summed E-state index contributed by atoms with van der Waals surface area (Å²) >= 11 is 0. The van der Waals surface area contributed by atoms with Crippen LogP contribution in [0.25, 0.3) is 0 Å². The molecule has 23 heavy (non-hydrogen) atoms. The maximum absolute atomic E-state index is 12.7. The third-order valence-corrected chi connectivity index (χ3v) is 2.80. The Balaban J connectivity index is 1.86. The Bertz CT molecular complexity index is 712. The minimum absolute atomic E-state index is 0.311. The van der Waals surface area contributed by atoms with E-state index < -0.39 is 17.6 Å². The van der Waals surface area contributed by atoms with Crippen molar-refractivity contribution in [2.45, 2.75) is 0 Å². The monoisotopic (exact) mass is 315 g/mol. The number of hydrogen-bond donors (Lipinski definition) is 2. The van der Waals surface area contributed by atoms with Gasteiger partial charge < -0.3 is 10.1 Å². The lowest BCUT2D eigenvalue weighted by Crippen LogP contribution is -2.32. The molecule has 0 heterocycles. The number of anilines is 1. The van der Waals surface area contributed by atoms with Crippen LogP contribution in [-0.2, 0) is 9.59 Å². The van der Waals surface area contributed by atoms with Gasteiger partial charge >= 0.3 is 11.8 Å². The summed E-state index contributed by atoms with van der Waals surface area (Å²) in [6.07, 6.45) is 1.39. The topological polar surface area (TPSA) is 79.8 Å². The molecule has 2 amide bonds. The third kappa shape index (κ3) is 4.92. The highest BCUT2D eigenvalue weighted by Gasteiger charge is 2.12. The molecular weight excluding hydrogens is 301 g/mol. The number of nitrogens with one attached hydrogen (secondary N) is 2. The Morgan fingerprint density at radius 1 is 1.04 bits per heavy atom. The number of carbonyl (C=O) groups is 2. The van der Waals surface area contributed by atoms with E-state index in [1.54, 1.807) is 31.4 Å². The summed E-state index contributed by atoms with van der Waals surface area (Å²) in [7, 11) is 1.56. The Hall–Kier alpha value is -3.22. The van der Waals surface area contributed by atoms with E-state index in [2.05, 4.69) is 15.8 Å². The van der Waals surface area contributed by atoms with Crippen molar-refractivity contribution in [1.29, 1.82) is 0 Å². The summed E-state index contributed by atoms with van der Waals surface area (Å²) in [5.41, 5.74) is 3.14. The number of rotatable bonds is 4. The molecule has 0 radical (unpaired) electrons. The SMILES string of the molecule is COc1ccc(/C=N/NC(=O)C(=O)Nc2ccc(F)cc2)cc1. The highest BCUT2D eigenvalue weighted by atomic mass is 19.1. The van der Waals surface area contributed by atoms with Crippen molar-refractivity contribution < 1.29 is 18.7 Å². The lowest BCUT2D eigenvalue weighted by Gasteiger charge is -2.03. The van der Waals surface area contributed by atoms with Crippen LogP contribution in [0.2, 0.25) is 0 Å². The van der Waals surface area contributed by atoms with E-state index in [1.165, 1.54) is 30.5 Å². The van der Waals surface area contributed by atoms with Gasteiger partial charge in [0, 0.05) is 5.69 Å². The molecule has 0 atom stereocenters. The number of nitrogens with zero attached hydrogens (tertiary/aromatic N) is 1. The highest BCUT2D eigenvalue weighted by Crippen LogP contribution is 2.10. The van der Waals surface area contributed by atoms with Crippen LogP contribution in [0.1, 0.15) is 5.56 Å². The zero-order valence-electron chi connectivity index (χ0n) is 12.2. The summed E-state index contributed by atoms with van der Waals surface area (Å²) < 4.78 is 17.8. The molecule has 0 spiro atoms. The number of hydrazone groups is 1. The minimum Gasteiger partial charge on any atom is -0.497 e. The van der Waals surface area contributed by atoms with E-state index in [0.29, 0.717) is 11.4 Å². The first-order valence-corrected chi connectivity index (χ1v) is 6.62. The van der Waals surface area contributed by atoms with E-state index in [0.717, 1.165) is 5.56 Å². The van der Waals surface area contributed by atoms with Gasteiger partial charge in [-0.15, -0.1) is 0 Å². The molecule has 0 fully saturated rings. The fourth-order valence-electron chi connectivity index (χ4n) is 1.63. The molecule has 6 nitrogen and oxygen atoms in total. The summed E-state index contributed by atoms with van der Waals surface area (Å²) in [5, 5.41) is 6.01. The van der Waals surface area contributed by atoms with Gasteiger partial charge in [0.15, 0.2) is 0 Å². The summed E-state index contributed by atoms with van der Waals surface area (Å²) in [6.45, 7) is 0. The van der Waals surface area contributed by atoms with Crippen LogP contribution >= 0.6 is 0 Å². The summed E-state index contributed by atoms with van der Waals surface area (Å²) in [6, 6.07) is 12.0. The Labute approximate surface area is 132 Å². The third-order valence-electron chi connectivity index (χ3n) is 2.80. The van der Waals surface area contributed by atoms with E-state index in [4.69, 9.17) is 4.74 Å². The molecule has 2 aromatic carbocycles. The summed E-state index contributed by atoms with van der Waals surface area (Å²) in [5.74, 6) is -1.57. The van der Waals surface area contributed by atoms with Gasteiger partial charge in [-0.3, -0.25) is 9.59 Å². The molecule has 0 unspecified atom stereocenters. The van der Waals surface area contributed by atoms with Gasteiger partial charge in [0.2, 0.25) is 0 Å². The first-order valence-electron chi connectivity index (χ1n) is 6.62. The van der Waals surface area contributed by atoms with Crippen LogP contribution in [0.4, 0.5) is 10.1 Å². The van der Waals surface area contributed by atoms with Crippen molar-refractivity contribution in [2.24, 2.45) is 5.10 Å². The van der Waals surface area contributed by atoms with Crippen LogP contribution in [0.3, 0.4) is 0 Å². The smallest absolute Gasteiger partial charge is 0.329 e. The predicted molar refractivity (Wildman–Crippen MR) is 83.8 cm³/mol. The first kappa shape index (κ1) is 16.2. The zero-order chi connectivity index (χ0) is 16.7. The minimum atomic E-state index is -0.931. The average Bonchev–Trinajstić information content (AvgIpc) is 2.57. The highest BCUT2D eigenvalue weighted by molar-refractivity contribution is 6.39. The number of benzene rings is 2. The van der Waals surface area contributed by atoms with Crippen LogP contribution in [-0.4, -0.2) is 25.1 Å². The van der Waals surface area contributed by atoms with Gasteiger partial charge in [-0.25, -0.2) is 9.82 Å². The molecule has 0 bridgehead atoms. The molecule has 118 valence electrons. The molecule has 2 aromatic rings. The quantitative estimate of drug-likeness (QED) is 0.514. The van der Waals surface area contributed by atoms with Gasteiger partial charge in [-0.1, -0.05) is 0 Å². The van der Waals surface area contributed by atoms with E-state index in [-0.39, 0.29) is 0 Å². The normalized spacial score (nSPS) is 10.3. The van der Waals surface area contributed by atoms with Crippen molar-refractivity contribution in [1.82, 2.24) is 5.43 Å². The molecule has 0 aliphatic heterocycles. The van der Waals surface area contributed by atoms with Crippen molar-refractivity contribution in [3.05, 3.63) is 59.9 Å². The lowest BCUT2D eigenvalue weighted by molar-refractivity contribution is -0.136. The zero-order valence-corrected chi connectivity index (χ0v) is 12.2. The fourth-order valence-corrected chi connectivity index (χ4v) is 1.63. The molecule has 2 rings (SSSR count). The Morgan fingerprint density at radius 2 is 1.70 bits per heavy atom. The van der Waals surface area contributed by atoms with Crippen molar-refractivity contribution >= 4 is 23.7 Å². The van der Waals surface area contributed by atoms with Crippen LogP contribution in [0.5, 0.6) is 5.75 Å². The molecule has 0 aliphatic rings. The van der Waals surface area contributed by atoms with Crippen LogP contribution in [0.15, 0.2) is 53.6 Å². The van der Waals surface area contributed by atoms with Crippen molar-refractivity contribution in [2.75, 3.05) is 12.4 Å². The molecule has 0 aliphatic carbocycles. The molecule has 7 heteroatoms. The van der Waals surface area contributed by atoms with Gasteiger partial charge in [0.25, 0.3) is 0 Å². The Kier molecular flexibility index (Phi) is 5.40. The number of hydrogen-bond acceptors (Lipinski definition) is 4. The van der Waals surface area contributed by atoms with E-state index in [9.17, 15) is 14.0 Å². The molecule has 0 saturated heterocycles. The van der Waals surface area contributed by atoms with Gasteiger partial charge in [0.1, 0.15) is 11.6 Å². The Morgan fingerprint density at radius 3 is 2.30 bits per heavy atom. The number of halogens is 1. The first-order chi connectivity index (χ1) is 11.1. The second kappa shape index (κ2) is 7.69. The van der Waals surface area contributed by atoms with E-state index >= 15 is 0 Å². The second-order valence-corrected chi connectivity index (χ2v) is 4.43. The number of methoxy groups -OCH3 is 1.